The highest BCUT2D eigenvalue weighted by atomic mass is 16.1. The van der Waals surface area contributed by atoms with E-state index >= 15 is 0 Å². The molecule has 0 unspecified atom stereocenters. The lowest BCUT2D eigenvalue weighted by molar-refractivity contribution is 0.167. The minimum Gasteiger partial charge on any atom is -0.312 e. The van der Waals surface area contributed by atoms with Crippen LogP contribution in [0.2, 0.25) is 0 Å². The van der Waals surface area contributed by atoms with E-state index in [4.69, 9.17) is 4.98 Å². The van der Waals surface area contributed by atoms with E-state index in [1.165, 1.54) is 12.8 Å². The maximum absolute atomic E-state index is 12.2. The Balaban J connectivity index is 1.77. The number of nitrogens with one attached hydrogen (secondary N) is 2. The summed E-state index contributed by atoms with van der Waals surface area (Å²) in [5.74, 6) is 2.17. The molecule has 0 saturated heterocycles. The lowest BCUT2D eigenvalue weighted by Crippen LogP contribution is -2.33. The third kappa shape index (κ3) is 3.05. The van der Waals surface area contributed by atoms with Crippen LogP contribution in [0.5, 0.6) is 0 Å². The second kappa shape index (κ2) is 5.56. The largest absolute Gasteiger partial charge is 0.312 e. The summed E-state index contributed by atoms with van der Waals surface area (Å²) < 4.78 is 0. The highest BCUT2D eigenvalue weighted by Crippen LogP contribution is 2.42. The van der Waals surface area contributed by atoms with Crippen LogP contribution in [0.3, 0.4) is 0 Å². The van der Waals surface area contributed by atoms with E-state index in [0.29, 0.717) is 17.9 Å². The van der Waals surface area contributed by atoms with Crippen LogP contribution in [0.15, 0.2) is 4.79 Å². The number of rotatable bonds is 1. The van der Waals surface area contributed by atoms with Gasteiger partial charge in [0.05, 0.1) is 11.3 Å². The molecule has 4 nitrogen and oxygen atoms in total. The fourth-order valence-corrected chi connectivity index (χ4v) is 3.80. The third-order valence-electron chi connectivity index (χ3n) is 5.30. The standard InChI is InChI=1S/C17H27N3O/c1-17(2,3)12-6-4-11(5-7-12)15-19-14-8-9-18-10-13(14)16(21)20-15/h11-12,18H,4-10H2,1-3H3,(H,19,20,21). The molecule has 0 amide bonds. The van der Waals surface area contributed by atoms with Gasteiger partial charge in [-0.1, -0.05) is 20.8 Å². The van der Waals surface area contributed by atoms with Crippen molar-refractivity contribution in [3.8, 4) is 0 Å². The van der Waals surface area contributed by atoms with Crippen molar-refractivity contribution in [2.24, 2.45) is 11.3 Å². The number of aromatic nitrogens is 2. The van der Waals surface area contributed by atoms with E-state index < -0.39 is 0 Å². The maximum Gasteiger partial charge on any atom is 0.255 e. The van der Waals surface area contributed by atoms with E-state index in [9.17, 15) is 4.79 Å². The molecule has 21 heavy (non-hydrogen) atoms. The summed E-state index contributed by atoms with van der Waals surface area (Å²) in [6.45, 7) is 8.60. The maximum atomic E-state index is 12.2. The summed E-state index contributed by atoms with van der Waals surface area (Å²) >= 11 is 0. The molecule has 0 bridgehead atoms. The van der Waals surface area contributed by atoms with E-state index in [0.717, 1.165) is 48.8 Å². The van der Waals surface area contributed by atoms with Gasteiger partial charge in [0.25, 0.3) is 5.56 Å². The molecule has 3 rings (SSSR count). The Morgan fingerprint density at radius 1 is 1.14 bits per heavy atom. The monoisotopic (exact) mass is 289 g/mol. The molecule has 0 aromatic carbocycles. The molecule has 2 aliphatic rings. The molecule has 116 valence electrons. The summed E-state index contributed by atoms with van der Waals surface area (Å²) in [6.07, 6.45) is 5.68. The van der Waals surface area contributed by atoms with Crippen molar-refractivity contribution in [1.82, 2.24) is 15.3 Å². The second-order valence-corrected chi connectivity index (χ2v) is 7.72. The van der Waals surface area contributed by atoms with E-state index in [2.05, 4.69) is 31.1 Å². The molecule has 1 saturated carbocycles. The molecule has 2 heterocycles. The number of hydrogen-bond acceptors (Lipinski definition) is 3. The van der Waals surface area contributed by atoms with Crippen molar-refractivity contribution in [3.63, 3.8) is 0 Å². The molecule has 1 aromatic heterocycles. The molecular weight excluding hydrogens is 262 g/mol. The van der Waals surface area contributed by atoms with Crippen molar-refractivity contribution in [2.75, 3.05) is 6.54 Å². The zero-order valence-electron chi connectivity index (χ0n) is 13.5. The van der Waals surface area contributed by atoms with E-state index in [1.54, 1.807) is 0 Å². The summed E-state index contributed by atoms with van der Waals surface area (Å²) in [5, 5.41) is 3.24. The van der Waals surface area contributed by atoms with Gasteiger partial charge in [0, 0.05) is 25.4 Å². The average molecular weight is 289 g/mol. The van der Waals surface area contributed by atoms with Crippen molar-refractivity contribution in [3.05, 3.63) is 27.4 Å². The van der Waals surface area contributed by atoms with Crippen molar-refractivity contribution >= 4 is 0 Å². The first-order valence-corrected chi connectivity index (χ1v) is 8.28. The van der Waals surface area contributed by atoms with Gasteiger partial charge < -0.3 is 10.3 Å². The fraction of sp³-hybridized carbons (Fsp3) is 0.765. The third-order valence-corrected chi connectivity index (χ3v) is 5.30. The Labute approximate surface area is 126 Å². The summed E-state index contributed by atoms with van der Waals surface area (Å²) in [4.78, 5) is 20.1. The summed E-state index contributed by atoms with van der Waals surface area (Å²) in [6, 6.07) is 0. The summed E-state index contributed by atoms with van der Waals surface area (Å²) in [5.41, 5.74) is 2.33. The smallest absolute Gasteiger partial charge is 0.255 e. The Bertz CT molecular complexity index is 562. The molecule has 0 atom stereocenters. The molecule has 1 aliphatic carbocycles. The molecular formula is C17H27N3O. The van der Waals surface area contributed by atoms with Gasteiger partial charge in [-0.3, -0.25) is 4.79 Å². The molecule has 1 aromatic rings. The van der Waals surface area contributed by atoms with Crippen LogP contribution >= 0.6 is 0 Å². The lowest BCUT2D eigenvalue weighted by Gasteiger charge is -2.36. The zero-order valence-corrected chi connectivity index (χ0v) is 13.5. The van der Waals surface area contributed by atoms with Gasteiger partial charge in [0.15, 0.2) is 0 Å². The number of H-pyrrole nitrogens is 1. The molecule has 1 aliphatic heterocycles. The minimum atomic E-state index is 0.0696. The number of aromatic amines is 1. The fourth-order valence-electron chi connectivity index (χ4n) is 3.80. The van der Waals surface area contributed by atoms with E-state index in [-0.39, 0.29) is 5.56 Å². The van der Waals surface area contributed by atoms with Gasteiger partial charge in [-0.2, -0.15) is 0 Å². The number of fused-ring (bicyclic) bond motifs is 1. The predicted molar refractivity (Wildman–Crippen MR) is 84.4 cm³/mol. The van der Waals surface area contributed by atoms with Crippen molar-refractivity contribution < 1.29 is 0 Å². The lowest BCUT2D eigenvalue weighted by atomic mass is 9.69. The van der Waals surface area contributed by atoms with Gasteiger partial charge >= 0.3 is 0 Å². The van der Waals surface area contributed by atoms with E-state index in [1.807, 2.05) is 0 Å². The topological polar surface area (TPSA) is 57.8 Å². The number of hydrogen-bond donors (Lipinski definition) is 2. The van der Waals surface area contributed by atoms with Crippen LogP contribution in [0, 0.1) is 11.3 Å². The van der Waals surface area contributed by atoms with Gasteiger partial charge in [0.2, 0.25) is 0 Å². The zero-order chi connectivity index (χ0) is 15.0. The normalized spacial score (nSPS) is 26.4. The van der Waals surface area contributed by atoms with Crippen LogP contribution in [0.25, 0.3) is 0 Å². The highest BCUT2D eigenvalue weighted by Gasteiger charge is 2.31. The van der Waals surface area contributed by atoms with Crippen LogP contribution in [0.1, 0.15) is 69.5 Å². The van der Waals surface area contributed by atoms with Gasteiger partial charge in [-0.15, -0.1) is 0 Å². The van der Waals surface area contributed by atoms with Crippen LogP contribution < -0.4 is 10.9 Å². The predicted octanol–water partition coefficient (Wildman–Crippen LogP) is 2.74. The Morgan fingerprint density at radius 2 is 1.86 bits per heavy atom. The number of nitrogens with zero attached hydrogens (tertiary/aromatic N) is 1. The Morgan fingerprint density at radius 3 is 2.52 bits per heavy atom. The molecule has 1 fully saturated rings. The summed E-state index contributed by atoms with van der Waals surface area (Å²) in [7, 11) is 0. The quantitative estimate of drug-likeness (QED) is 0.836. The molecule has 0 radical (unpaired) electrons. The molecule has 0 spiro atoms. The SMILES string of the molecule is CC(C)(C)C1CCC(c2nc3c(c(=O)[nH]2)CNCC3)CC1. The first kappa shape index (κ1) is 14.8. The van der Waals surface area contributed by atoms with Crippen LogP contribution in [-0.4, -0.2) is 16.5 Å². The van der Waals surface area contributed by atoms with Gasteiger partial charge in [0.1, 0.15) is 5.82 Å². The average Bonchev–Trinajstić information content (AvgIpc) is 2.46. The highest BCUT2D eigenvalue weighted by molar-refractivity contribution is 5.21. The molecule has 2 N–H and O–H groups in total. The first-order valence-electron chi connectivity index (χ1n) is 8.28. The van der Waals surface area contributed by atoms with Gasteiger partial charge in [-0.05, 0) is 37.0 Å². The van der Waals surface area contributed by atoms with Crippen molar-refractivity contribution in [2.45, 2.75) is 65.3 Å². The van der Waals surface area contributed by atoms with Crippen LogP contribution in [-0.2, 0) is 13.0 Å². The molecule has 4 heteroatoms. The van der Waals surface area contributed by atoms with Crippen molar-refractivity contribution in [1.29, 1.82) is 0 Å². The van der Waals surface area contributed by atoms with Gasteiger partial charge in [-0.25, -0.2) is 4.98 Å². The first-order chi connectivity index (χ1) is 9.95. The Kier molecular flexibility index (Phi) is 3.91. The Hall–Kier alpha value is -1.16. The minimum absolute atomic E-state index is 0.0696. The second-order valence-electron chi connectivity index (χ2n) is 7.72. The van der Waals surface area contributed by atoms with Crippen LogP contribution in [0.4, 0.5) is 0 Å².